The number of ether oxygens (including phenoxy) is 2. The second kappa shape index (κ2) is 7.79. The van der Waals surface area contributed by atoms with E-state index in [0.717, 1.165) is 55.8 Å². The Labute approximate surface area is 137 Å². The Morgan fingerprint density at radius 1 is 1.43 bits per heavy atom. The van der Waals surface area contributed by atoms with Crippen molar-refractivity contribution in [3.8, 4) is 5.75 Å². The first kappa shape index (κ1) is 16.3. The highest BCUT2D eigenvalue weighted by Crippen LogP contribution is 2.22. The van der Waals surface area contributed by atoms with Gasteiger partial charge < -0.3 is 20.1 Å². The Kier molecular flexibility index (Phi) is 5.51. The number of carbonyl (C=O) groups is 1. The number of hydrogen-bond donors (Lipinski definition) is 2. The van der Waals surface area contributed by atoms with Crippen LogP contribution < -0.4 is 15.4 Å². The van der Waals surface area contributed by atoms with Gasteiger partial charge in [-0.2, -0.15) is 0 Å². The molecule has 2 heterocycles. The van der Waals surface area contributed by atoms with E-state index < -0.39 is 0 Å². The highest BCUT2D eigenvalue weighted by atomic mass is 16.5. The number of carbonyl (C=O) groups excluding carboxylic acids is 1. The van der Waals surface area contributed by atoms with Crippen LogP contribution >= 0.6 is 0 Å². The van der Waals surface area contributed by atoms with Crippen molar-refractivity contribution in [3.63, 3.8) is 0 Å². The second-order valence-electron chi connectivity index (χ2n) is 6.46. The van der Waals surface area contributed by atoms with Crippen molar-refractivity contribution >= 4 is 5.91 Å². The summed E-state index contributed by atoms with van der Waals surface area (Å²) in [6, 6.07) is 6.12. The van der Waals surface area contributed by atoms with Gasteiger partial charge in [-0.1, -0.05) is 12.1 Å². The predicted octanol–water partition coefficient (Wildman–Crippen LogP) is 1.78. The highest BCUT2D eigenvalue weighted by Gasteiger charge is 2.22. The van der Waals surface area contributed by atoms with E-state index in [9.17, 15) is 4.79 Å². The van der Waals surface area contributed by atoms with E-state index in [-0.39, 0.29) is 17.9 Å². The number of amides is 1. The molecule has 126 valence electrons. The summed E-state index contributed by atoms with van der Waals surface area (Å²) in [5.41, 5.74) is 2.18. The summed E-state index contributed by atoms with van der Waals surface area (Å²) in [5.74, 6) is 1.07. The topological polar surface area (TPSA) is 59.6 Å². The first-order chi connectivity index (χ1) is 11.2. The van der Waals surface area contributed by atoms with Crippen LogP contribution in [0.5, 0.6) is 5.75 Å². The van der Waals surface area contributed by atoms with Crippen molar-refractivity contribution in [3.05, 3.63) is 29.3 Å². The number of benzene rings is 1. The lowest BCUT2D eigenvalue weighted by atomic mass is 10.1. The maximum absolute atomic E-state index is 12.2. The zero-order valence-corrected chi connectivity index (χ0v) is 13.8. The molecule has 1 aromatic carbocycles. The van der Waals surface area contributed by atoms with Gasteiger partial charge in [0.25, 0.3) is 0 Å². The monoisotopic (exact) mass is 318 g/mol. The van der Waals surface area contributed by atoms with Crippen LogP contribution in [0.25, 0.3) is 0 Å². The molecule has 0 saturated carbocycles. The largest absolute Gasteiger partial charge is 0.491 e. The lowest BCUT2D eigenvalue weighted by molar-refractivity contribution is -0.124. The molecule has 2 unspecified atom stereocenters. The van der Waals surface area contributed by atoms with Crippen molar-refractivity contribution in [2.45, 2.75) is 38.8 Å². The third kappa shape index (κ3) is 4.45. The third-order valence-electron chi connectivity index (χ3n) is 4.56. The lowest BCUT2D eigenvalue weighted by Crippen LogP contribution is -2.31. The second-order valence-corrected chi connectivity index (χ2v) is 6.46. The standard InChI is InChI=1S/C18H26N2O3/c1-13-4-5-14(11-20-18(21)15-6-7-19-10-15)17(9-13)23-12-16-3-2-8-22-16/h4-5,9,15-16,19H,2-3,6-8,10-12H2,1H3,(H,20,21). The molecule has 1 aromatic rings. The smallest absolute Gasteiger partial charge is 0.224 e. The number of hydrogen-bond acceptors (Lipinski definition) is 4. The van der Waals surface area contributed by atoms with Crippen LogP contribution in [0.1, 0.15) is 30.4 Å². The zero-order valence-electron chi connectivity index (χ0n) is 13.8. The molecule has 0 aliphatic carbocycles. The molecular weight excluding hydrogens is 292 g/mol. The quantitative estimate of drug-likeness (QED) is 0.839. The van der Waals surface area contributed by atoms with Gasteiger partial charge in [0.05, 0.1) is 12.0 Å². The van der Waals surface area contributed by atoms with E-state index in [1.54, 1.807) is 0 Å². The maximum atomic E-state index is 12.2. The molecule has 2 fully saturated rings. The van der Waals surface area contributed by atoms with Crippen molar-refractivity contribution in [2.75, 3.05) is 26.3 Å². The van der Waals surface area contributed by atoms with Gasteiger partial charge in [0.1, 0.15) is 12.4 Å². The van der Waals surface area contributed by atoms with Gasteiger partial charge in [0.2, 0.25) is 5.91 Å². The average Bonchev–Trinajstić information content (AvgIpc) is 3.25. The molecule has 3 rings (SSSR count). The van der Waals surface area contributed by atoms with Crippen LogP contribution in [0, 0.1) is 12.8 Å². The summed E-state index contributed by atoms with van der Waals surface area (Å²) in [4.78, 5) is 12.2. The van der Waals surface area contributed by atoms with Crippen LogP contribution in [0.4, 0.5) is 0 Å². The fraction of sp³-hybridized carbons (Fsp3) is 0.611. The SMILES string of the molecule is Cc1ccc(CNC(=O)C2CCNC2)c(OCC2CCCO2)c1. The molecule has 0 aromatic heterocycles. The molecule has 2 aliphatic heterocycles. The molecule has 5 nitrogen and oxygen atoms in total. The van der Waals surface area contributed by atoms with Gasteiger partial charge in [0, 0.05) is 25.3 Å². The van der Waals surface area contributed by atoms with Crippen molar-refractivity contribution in [1.29, 1.82) is 0 Å². The van der Waals surface area contributed by atoms with Gasteiger partial charge in [-0.3, -0.25) is 4.79 Å². The molecule has 0 spiro atoms. The molecule has 2 N–H and O–H groups in total. The van der Waals surface area contributed by atoms with Gasteiger partial charge in [-0.25, -0.2) is 0 Å². The lowest BCUT2D eigenvalue weighted by Gasteiger charge is -2.16. The minimum atomic E-state index is 0.0942. The van der Waals surface area contributed by atoms with E-state index in [2.05, 4.69) is 16.7 Å². The van der Waals surface area contributed by atoms with E-state index in [1.165, 1.54) is 0 Å². The maximum Gasteiger partial charge on any atom is 0.224 e. The van der Waals surface area contributed by atoms with Crippen molar-refractivity contribution in [1.82, 2.24) is 10.6 Å². The fourth-order valence-corrected chi connectivity index (χ4v) is 3.11. The summed E-state index contributed by atoms with van der Waals surface area (Å²) < 4.78 is 11.6. The Morgan fingerprint density at radius 2 is 2.35 bits per heavy atom. The van der Waals surface area contributed by atoms with Crippen LogP contribution in [-0.2, 0) is 16.1 Å². The fourth-order valence-electron chi connectivity index (χ4n) is 3.11. The van der Waals surface area contributed by atoms with Crippen LogP contribution in [-0.4, -0.2) is 38.3 Å². The van der Waals surface area contributed by atoms with Crippen LogP contribution in [0.15, 0.2) is 18.2 Å². The molecule has 2 atom stereocenters. The molecule has 0 bridgehead atoms. The molecule has 1 amide bonds. The zero-order chi connectivity index (χ0) is 16.1. The number of rotatable bonds is 6. The first-order valence-electron chi connectivity index (χ1n) is 8.55. The Bertz CT molecular complexity index is 535. The summed E-state index contributed by atoms with van der Waals surface area (Å²) in [6.07, 6.45) is 3.29. The van der Waals surface area contributed by atoms with Gasteiger partial charge in [-0.05, 0) is 44.4 Å². The first-order valence-corrected chi connectivity index (χ1v) is 8.55. The Morgan fingerprint density at radius 3 is 3.09 bits per heavy atom. The molecule has 23 heavy (non-hydrogen) atoms. The molecule has 2 aliphatic rings. The Balaban J connectivity index is 1.57. The third-order valence-corrected chi connectivity index (χ3v) is 4.56. The van der Waals surface area contributed by atoms with Crippen LogP contribution in [0.2, 0.25) is 0 Å². The highest BCUT2D eigenvalue weighted by molar-refractivity contribution is 5.79. The molecule has 0 radical (unpaired) electrons. The van der Waals surface area contributed by atoms with Gasteiger partial charge in [-0.15, -0.1) is 0 Å². The average molecular weight is 318 g/mol. The van der Waals surface area contributed by atoms with E-state index >= 15 is 0 Å². The van der Waals surface area contributed by atoms with E-state index in [0.29, 0.717) is 13.2 Å². The predicted molar refractivity (Wildman–Crippen MR) is 88.5 cm³/mol. The van der Waals surface area contributed by atoms with Crippen molar-refractivity contribution < 1.29 is 14.3 Å². The van der Waals surface area contributed by atoms with Crippen molar-refractivity contribution in [2.24, 2.45) is 5.92 Å². The van der Waals surface area contributed by atoms with E-state index in [4.69, 9.17) is 9.47 Å². The van der Waals surface area contributed by atoms with Crippen LogP contribution in [0.3, 0.4) is 0 Å². The minimum absolute atomic E-state index is 0.0942. The van der Waals surface area contributed by atoms with E-state index in [1.807, 2.05) is 19.1 Å². The normalized spacial score (nSPS) is 23.9. The minimum Gasteiger partial charge on any atom is -0.491 e. The molecule has 5 heteroatoms. The summed E-state index contributed by atoms with van der Waals surface area (Å²) >= 11 is 0. The Hall–Kier alpha value is -1.59. The molecular formula is C18H26N2O3. The number of nitrogens with one attached hydrogen (secondary N) is 2. The number of aryl methyl sites for hydroxylation is 1. The summed E-state index contributed by atoms with van der Waals surface area (Å²) in [5, 5.41) is 6.26. The molecule has 2 saturated heterocycles. The van der Waals surface area contributed by atoms with Gasteiger partial charge >= 0.3 is 0 Å². The van der Waals surface area contributed by atoms with Gasteiger partial charge in [0.15, 0.2) is 0 Å². The summed E-state index contributed by atoms with van der Waals surface area (Å²) in [7, 11) is 0. The summed E-state index contributed by atoms with van der Waals surface area (Å²) in [6.45, 7) is 5.68.